The number of nitrogens with one attached hydrogen (secondary N) is 1. The fourth-order valence-corrected chi connectivity index (χ4v) is 7.40. The molecule has 1 aliphatic rings. The molecule has 278 valence electrons. The number of aliphatic hydroxyl groups excluding tert-OH is 1. The normalized spacial score (nSPS) is 21.2. The van der Waals surface area contributed by atoms with Crippen molar-refractivity contribution in [3.05, 3.63) is 189 Å². The molecule has 0 unspecified atom stereocenters. The Morgan fingerprint density at radius 3 is 1.50 bits per heavy atom. The Morgan fingerprint density at radius 2 is 1.00 bits per heavy atom. The molecular formula is C44H45IN4O5. The van der Waals surface area contributed by atoms with Crippen molar-refractivity contribution in [1.82, 2.24) is 20.3 Å². The molecule has 0 amide bonds. The maximum Gasteiger partial charge on any atom is 0.115 e. The largest absolute Gasteiger partial charge is 0.389 e. The first kappa shape index (κ1) is 38.0. The molecule has 0 aliphatic heterocycles. The number of rotatable bonds is 17. The molecule has 10 heteroatoms. The molecule has 6 aromatic rings. The quantitative estimate of drug-likeness (QED) is 0.0940. The Kier molecular flexibility index (Phi) is 13.6. The van der Waals surface area contributed by atoms with Gasteiger partial charge in [0.15, 0.2) is 0 Å². The second kappa shape index (κ2) is 19.4. The highest BCUT2D eigenvalue weighted by atomic mass is 127. The second-order valence-corrected chi connectivity index (χ2v) is 14.7. The van der Waals surface area contributed by atoms with Crippen LogP contribution in [0, 0.1) is 3.57 Å². The van der Waals surface area contributed by atoms with Crippen molar-refractivity contribution in [3.8, 4) is 0 Å². The molecule has 1 aromatic heterocycles. The maximum absolute atomic E-state index is 12.4. The van der Waals surface area contributed by atoms with Gasteiger partial charge in [0, 0.05) is 10.1 Å². The van der Waals surface area contributed by atoms with Gasteiger partial charge in [-0.25, -0.2) is 4.68 Å². The fourth-order valence-electron chi connectivity index (χ4n) is 6.79. The average molecular weight is 837 g/mol. The van der Waals surface area contributed by atoms with Crippen LogP contribution in [0.3, 0.4) is 0 Å². The molecule has 1 aliphatic carbocycles. The summed E-state index contributed by atoms with van der Waals surface area (Å²) in [7, 11) is 0. The third-order valence-electron chi connectivity index (χ3n) is 9.51. The van der Waals surface area contributed by atoms with E-state index in [9.17, 15) is 5.11 Å². The van der Waals surface area contributed by atoms with E-state index >= 15 is 0 Å². The molecule has 0 radical (unpaired) electrons. The Labute approximate surface area is 330 Å². The number of aromatic nitrogens is 3. The van der Waals surface area contributed by atoms with Crippen molar-refractivity contribution in [2.45, 2.75) is 76.1 Å². The fraction of sp³-hybridized carbons (Fsp3) is 0.273. The summed E-state index contributed by atoms with van der Waals surface area (Å²) in [6, 6.07) is 47.8. The molecule has 7 rings (SSSR count). The molecule has 6 atom stereocenters. The summed E-state index contributed by atoms with van der Waals surface area (Å²) >= 11 is 2.32. The van der Waals surface area contributed by atoms with Gasteiger partial charge in [-0.3, -0.25) is 0 Å². The van der Waals surface area contributed by atoms with Crippen LogP contribution in [0.25, 0.3) is 0 Å². The van der Waals surface area contributed by atoms with Gasteiger partial charge in [0.2, 0.25) is 0 Å². The van der Waals surface area contributed by atoms with Crippen LogP contribution in [0.15, 0.2) is 152 Å². The number of ether oxygens (including phenoxy) is 4. The number of halogens is 1. The predicted octanol–water partition coefficient (Wildman–Crippen LogP) is 7.11. The smallest absolute Gasteiger partial charge is 0.115 e. The Balaban J connectivity index is 1.20. The van der Waals surface area contributed by atoms with Crippen LogP contribution in [0.1, 0.15) is 33.5 Å². The lowest BCUT2D eigenvalue weighted by atomic mass is 9.82. The van der Waals surface area contributed by atoms with Gasteiger partial charge < -0.3 is 29.4 Å². The first-order valence-electron chi connectivity index (χ1n) is 18.3. The van der Waals surface area contributed by atoms with Gasteiger partial charge in [0.05, 0.1) is 50.9 Å². The number of hydrogen-bond donors (Lipinski definition) is 2. The van der Waals surface area contributed by atoms with Gasteiger partial charge in [0.25, 0.3) is 0 Å². The molecule has 5 aromatic carbocycles. The van der Waals surface area contributed by atoms with Crippen LogP contribution in [0.4, 0.5) is 0 Å². The number of benzene rings is 5. The van der Waals surface area contributed by atoms with E-state index in [2.05, 4.69) is 56.4 Å². The highest BCUT2D eigenvalue weighted by Gasteiger charge is 2.53. The van der Waals surface area contributed by atoms with Gasteiger partial charge in [-0.1, -0.05) is 139 Å². The lowest BCUT2D eigenvalue weighted by molar-refractivity contribution is -0.251. The van der Waals surface area contributed by atoms with Crippen LogP contribution in [-0.4, -0.2) is 56.7 Å². The number of hydrogen-bond acceptors (Lipinski definition) is 8. The van der Waals surface area contributed by atoms with Crippen LogP contribution in [-0.2, 0) is 58.5 Å². The van der Waals surface area contributed by atoms with Crippen molar-refractivity contribution in [1.29, 1.82) is 0 Å². The van der Waals surface area contributed by atoms with Gasteiger partial charge >= 0.3 is 0 Å². The maximum atomic E-state index is 12.4. The zero-order valence-corrected chi connectivity index (χ0v) is 32.1. The summed E-state index contributed by atoms with van der Waals surface area (Å²) in [5.74, 6) is 0. The minimum absolute atomic E-state index is 0.286. The van der Waals surface area contributed by atoms with Crippen LogP contribution < -0.4 is 5.32 Å². The molecule has 54 heavy (non-hydrogen) atoms. The zero-order chi connectivity index (χ0) is 37.0. The summed E-state index contributed by atoms with van der Waals surface area (Å²) in [6.07, 6.45) is -1.81. The molecule has 0 spiro atoms. The van der Waals surface area contributed by atoms with Gasteiger partial charge in [0.1, 0.15) is 30.5 Å². The Bertz CT molecular complexity index is 1990. The number of aliphatic hydroxyl groups is 1. The van der Waals surface area contributed by atoms with E-state index in [-0.39, 0.29) is 6.61 Å². The van der Waals surface area contributed by atoms with Crippen molar-refractivity contribution in [2.75, 3.05) is 0 Å². The Hall–Kier alpha value is -4.27. The molecule has 1 fully saturated rings. The van der Waals surface area contributed by atoms with Crippen molar-refractivity contribution >= 4 is 22.6 Å². The van der Waals surface area contributed by atoms with Crippen LogP contribution >= 0.6 is 22.6 Å². The molecule has 9 nitrogen and oxygen atoms in total. The zero-order valence-electron chi connectivity index (χ0n) is 29.9. The summed E-state index contributed by atoms with van der Waals surface area (Å²) in [6.45, 7) is 2.17. The van der Waals surface area contributed by atoms with Crippen molar-refractivity contribution in [3.63, 3.8) is 0 Å². The summed E-state index contributed by atoms with van der Waals surface area (Å²) in [5, 5.41) is 24.9. The highest BCUT2D eigenvalue weighted by molar-refractivity contribution is 14.1. The van der Waals surface area contributed by atoms with Crippen LogP contribution in [0.2, 0.25) is 0 Å². The molecular weight excluding hydrogens is 791 g/mol. The summed E-state index contributed by atoms with van der Waals surface area (Å²) in [5.41, 5.74) is 5.90. The molecule has 1 heterocycles. The van der Waals surface area contributed by atoms with Gasteiger partial charge in [-0.05, 0) is 62.5 Å². The highest BCUT2D eigenvalue weighted by Crippen LogP contribution is 2.33. The molecule has 0 saturated heterocycles. The first-order valence-corrected chi connectivity index (χ1v) is 19.3. The predicted molar refractivity (Wildman–Crippen MR) is 215 cm³/mol. The number of nitrogens with zero attached hydrogens (tertiary/aromatic N) is 3. The van der Waals surface area contributed by atoms with Crippen molar-refractivity contribution in [2.24, 2.45) is 0 Å². The second-order valence-electron chi connectivity index (χ2n) is 13.5. The SMILES string of the molecule is O[C@@H]1[C@@H](NCc2cn(Cc3cccc(I)c3)nn2)[C@H](OCc2ccccc2)[C@@H](OCc2ccccc2)[C@H](OCc2ccccc2)[C@H]1OCc1ccccc1. The Morgan fingerprint density at radius 1 is 0.556 bits per heavy atom. The average Bonchev–Trinajstić information content (AvgIpc) is 3.66. The molecule has 2 N–H and O–H groups in total. The van der Waals surface area contributed by atoms with E-state index in [0.717, 1.165) is 33.5 Å². The topological polar surface area (TPSA) is 99.9 Å². The molecule has 0 bridgehead atoms. The van der Waals surface area contributed by atoms with Gasteiger partial charge in [-0.15, -0.1) is 5.10 Å². The van der Waals surface area contributed by atoms with E-state index in [1.165, 1.54) is 3.57 Å². The third-order valence-corrected chi connectivity index (χ3v) is 10.2. The van der Waals surface area contributed by atoms with E-state index in [1.807, 2.05) is 138 Å². The van der Waals surface area contributed by atoms with E-state index < -0.39 is 36.6 Å². The monoisotopic (exact) mass is 836 g/mol. The first-order chi connectivity index (χ1) is 26.6. The third kappa shape index (κ3) is 10.5. The molecule has 1 saturated carbocycles. The minimum Gasteiger partial charge on any atom is -0.389 e. The lowest BCUT2D eigenvalue weighted by Crippen LogP contribution is -2.69. The summed E-state index contributed by atoms with van der Waals surface area (Å²) in [4.78, 5) is 0. The van der Waals surface area contributed by atoms with Crippen molar-refractivity contribution < 1.29 is 24.1 Å². The lowest BCUT2D eigenvalue weighted by Gasteiger charge is -2.49. The van der Waals surface area contributed by atoms with E-state index in [0.29, 0.717) is 32.9 Å². The standard InChI is InChI=1S/C44H45IN4O5/c45-37-23-13-22-36(24-37)26-49-27-38(47-48-49)25-46-39-40(50)42(52-29-33-16-7-2-8-17-33)44(54-31-35-20-11-4-12-21-35)43(53-30-34-18-9-3-10-19-34)41(39)51-28-32-14-5-1-6-15-32/h1-24,27,39-44,46,50H,25-26,28-31H2/t39-,40-,41+,42+,43-,44-/m1/s1. The minimum atomic E-state index is -1.03. The van der Waals surface area contributed by atoms with E-state index in [4.69, 9.17) is 18.9 Å². The van der Waals surface area contributed by atoms with Gasteiger partial charge in [-0.2, -0.15) is 0 Å². The van der Waals surface area contributed by atoms with E-state index in [1.54, 1.807) is 0 Å². The van der Waals surface area contributed by atoms with Crippen LogP contribution in [0.5, 0.6) is 0 Å². The summed E-state index contributed by atoms with van der Waals surface area (Å²) < 4.78 is 30.1.